The molecule has 0 amide bonds. The van der Waals surface area contributed by atoms with Crippen LogP contribution in [0.2, 0.25) is 0 Å². The molecule has 0 saturated heterocycles. The van der Waals surface area contributed by atoms with Crippen LogP contribution < -0.4 is 11.3 Å². The first-order valence-corrected chi connectivity index (χ1v) is 4.51. The van der Waals surface area contributed by atoms with E-state index < -0.39 is 0 Å². The molecule has 78 valence electrons. The summed E-state index contributed by atoms with van der Waals surface area (Å²) in [7, 11) is 1.90. The molecule has 15 heavy (non-hydrogen) atoms. The summed E-state index contributed by atoms with van der Waals surface area (Å²) in [6.45, 7) is 0. The van der Waals surface area contributed by atoms with Crippen molar-refractivity contribution in [1.82, 2.24) is 24.9 Å². The van der Waals surface area contributed by atoms with Crippen molar-refractivity contribution >= 4 is 0 Å². The quantitative estimate of drug-likeness (QED) is 0.533. The molecule has 6 heteroatoms. The van der Waals surface area contributed by atoms with Crippen molar-refractivity contribution in [2.24, 2.45) is 12.9 Å². The van der Waals surface area contributed by atoms with Gasteiger partial charge >= 0.3 is 0 Å². The predicted octanol–water partition coefficient (Wildman–Crippen LogP) is -0.237. The molecular formula is C9H12N6. The molecule has 0 spiro atoms. The number of rotatable bonds is 3. The number of hydrogen-bond donors (Lipinski definition) is 2. The van der Waals surface area contributed by atoms with E-state index in [0.717, 1.165) is 11.4 Å². The minimum atomic E-state index is -0.222. The second-order valence-corrected chi connectivity index (χ2v) is 3.19. The molecule has 1 unspecified atom stereocenters. The Kier molecular flexibility index (Phi) is 2.70. The number of nitrogens with one attached hydrogen (secondary N) is 1. The van der Waals surface area contributed by atoms with Gasteiger partial charge in [-0.25, -0.2) is 10.4 Å². The topological polar surface area (TPSA) is 81.7 Å². The van der Waals surface area contributed by atoms with Crippen LogP contribution in [-0.2, 0) is 7.05 Å². The first kappa shape index (κ1) is 9.75. The molecule has 6 nitrogen and oxygen atoms in total. The molecule has 0 bridgehead atoms. The fourth-order valence-electron chi connectivity index (χ4n) is 1.36. The van der Waals surface area contributed by atoms with E-state index >= 15 is 0 Å². The molecule has 2 aromatic rings. The Morgan fingerprint density at radius 3 is 2.73 bits per heavy atom. The van der Waals surface area contributed by atoms with Crippen LogP contribution in [0.4, 0.5) is 0 Å². The second-order valence-electron chi connectivity index (χ2n) is 3.19. The van der Waals surface area contributed by atoms with Crippen LogP contribution in [0.15, 0.2) is 31.1 Å². The number of aryl methyl sites for hydroxylation is 1. The van der Waals surface area contributed by atoms with Gasteiger partial charge < -0.3 is 4.57 Å². The lowest BCUT2D eigenvalue weighted by Crippen LogP contribution is -2.29. The minimum absolute atomic E-state index is 0.222. The second kappa shape index (κ2) is 4.16. The van der Waals surface area contributed by atoms with Crippen molar-refractivity contribution in [3.05, 3.63) is 42.5 Å². The SMILES string of the molecule is Cn1cnc(C(NN)c2cnccn2)c1. The van der Waals surface area contributed by atoms with Crippen molar-refractivity contribution in [3.63, 3.8) is 0 Å². The Morgan fingerprint density at radius 2 is 2.20 bits per heavy atom. The van der Waals surface area contributed by atoms with Gasteiger partial charge in [0.05, 0.1) is 23.9 Å². The van der Waals surface area contributed by atoms with Gasteiger partial charge in [0.25, 0.3) is 0 Å². The smallest absolute Gasteiger partial charge is 0.108 e. The molecule has 0 saturated carbocycles. The fourth-order valence-corrected chi connectivity index (χ4v) is 1.36. The highest BCUT2D eigenvalue weighted by Gasteiger charge is 2.15. The van der Waals surface area contributed by atoms with Crippen molar-refractivity contribution < 1.29 is 0 Å². The van der Waals surface area contributed by atoms with E-state index in [0.29, 0.717) is 0 Å². The number of aromatic nitrogens is 4. The summed E-state index contributed by atoms with van der Waals surface area (Å²) in [6.07, 6.45) is 8.52. The van der Waals surface area contributed by atoms with E-state index in [-0.39, 0.29) is 6.04 Å². The summed E-state index contributed by atoms with van der Waals surface area (Å²) < 4.78 is 1.86. The zero-order valence-electron chi connectivity index (χ0n) is 8.33. The van der Waals surface area contributed by atoms with Crippen molar-refractivity contribution in [2.45, 2.75) is 6.04 Å². The molecule has 0 aliphatic heterocycles. The minimum Gasteiger partial charge on any atom is -0.340 e. The molecule has 2 heterocycles. The van der Waals surface area contributed by atoms with Crippen molar-refractivity contribution in [2.75, 3.05) is 0 Å². The molecule has 0 fully saturated rings. The highest BCUT2D eigenvalue weighted by Crippen LogP contribution is 2.15. The molecule has 0 radical (unpaired) electrons. The molecule has 0 aromatic carbocycles. The molecule has 2 rings (SSSR count). The number of imidazole rings is 1. The molecule has 2 aromatic heterocycles. The first-order chi connectivity index (χ1) is 7.31. The van der Waals surface area contributed by atoms with E-state index in [2.05, 4.69) is 20.4 Å². The zero-order valence-corrected chi connectivity index (χ0v) is 8.33. The van der Waals surface area contributed by atoms with Gasteiger partial charge in [-0.3, -0.25) is 15.8 Å². The third-order valence-corrected chi connectivity index (χ3v) is 2.07. The van der Waals surface area contributed by atoms with Crippen LogP contribution in [0.25, 0.3) is 0 Å². The number of hydrogen-bond acceptors (Lipinski definition) is 5. The number of nitrogens with zero attached hydrogens (tertiary/aromatic N) is 4. The van der Waals surface area contributed by atoms with Crippen LogP contribution in [0.1, 0.15) is 17.4 Å². The summed E-state index contributed by atoms with van der Waals surface area (Å²) >= 11 is 0. The van der Waals surface area contributed by atoms with Crippen LogP contribution in [0.3, 0.4) is 0 Å². The van der Waals surface area contributed by atoms with Crippen LogP contribution >= 0.6 is 0 Å². The lowest BCUT2D eigenvalue weighted by molar-refractivity contribution is 0.604. The van der Waals surface area contributed by atoms with Gasteiger partial charge in [-0.05, 0) is 0 Å². The summed E-state index contributed by atoms with van der Waals surface area (Å²) in [5.74, 6) is 5.48. The van der Waals surface area contributed by atoms with E-state index in [1.165, 1.54) is 0 Å². The first-order valence-electron chi connectivity index (χ1n) is 4.51. The standard InChI is InChI=1S/C9H12N6/c1-15-5-8(13-6-15)9(14-10)7-4-11-2-3-12-7/h2-6,9,14H,10H2,1H3. The summed E-state index contributed by atoms with van der Waals surface area (Å²) in [6, 6.07) is -0.222. The molecule has 0 aliphatic carbocycles. The zero-order chi connectivity index (χ0) is 10.7. The maximum Gasteiger partial charge on any atom is 0.108 e. The van der Waals surface area contributed by atoms with Crippen LogP contribution in [0.5, 0.6) is 0 Å². The van der Waals surface area contributed by atoms with Gasteiger partial charge in [-0.2, -0.15) is 0 Å². The molecular weight excluding hydrogens is 192 g/mol. The van der Waals surface area contributed by atoms with E-state index in [1.807, 2.05) is 17.8 Å². The average molecular weight is 204 g/mol. The molecule has 0 aliphatic rings. The Balaban J connectivity index is 2.33. The lowest BCUT2D eigenvalue weighted by atomic mass is 10.2. The third kappa shape index (κ3) is 2.00. The maximum atomic E-state index is 5.48. The monoisotopic (exact) mass is 204 g/mol. The van der Waals surface area contributed by atoms with Gasteiger partial charge in [-0.15, -0.1) is 0 Å². The normalized spacial score (nSPS) is 12.7. The summed E-state index contributed by atoms with van der Waals surface area (Å²) in [5.41, 5.74) is 4.24. The Hall–Kier alpha value is -1.79. The largest absolute Gasteiger partial charge is 0.340 e. The highest BCUT2D eigenvalue weighted by atomic mass is 15.2. The van der Waals surface area contributed by atoms with E-state index in [4.69, 9.17) is 5.84 Å². The molecule has 3 N–H and O–H groups in total. The van der Waals surface area contributed by atoms with Gasteiger partial charge in [0.1, 0.15) is 6.04 Å². The lowest BCUT2D eigenvalue weighted by Gasteiger charge is -2.11. The molecule has 1 atom stereocenters. The van der Waals surface area contributed by atoms with Crippen molar-refractivity contribution in [1.29, 1.82) is 0 Å². The van der Waals surface area contributed by atoms with Crippen LogP contribution in [-0.4, -0.2) is 19.5 Å². The fraction of sp³-hybridized carbons (Fsp3) is 0.222. The van der Waals surface area contributed by atoms with Crippen molar-refractivity contribution in [3.8, 4) is 0 Å². The average Bonchev–Trinajstić information content (AvgIpc) is 2.68. The van der Waals surface area contributed by atoms with E-state index in [9.17, 15) is 0 Å². The van der Waals surface area contributed by atoms with Gasteiger partial charge in [0.15, 0.2) is 0 Å². The van der Waals surface area contributed by atoms with E-state index in [1.54, 1.807) is 24.9 Å². The predicted molar refractivity (Wildman–Crippen MR) is 54.4 cm³/mol. The van der Waals surface area contributed by atoms with Gasteiger partial charge in [0, 0.05) is 25.6 Å². The summed E-state index contributed by atoms with van der Waals surface area (Å²) in [5, 5.41) is 0. The Morgan fingerprint density at radius 1 is 1.33 bits per heavy atom. The Bertz CT molecular complexity index is 423. The van der Waals surface area contributed by atoms with Crippen LogP contribution in [0, 0.1) is 0 Å². The Labute approximate surface area is 87.2 Å². The highest BCUT2D eigenvalue weighted by molar-refractivity contribution is 5.17. The van der Waals surface area contributed by atoms with Gasteiger partial charge in [-0.1, -0.05) is 0 Å². The maximum absolute atomic E-state index is 5.48. The van der Waals surface area contributed by atoms with Gasteiger partial charge in [0.2, 0.25) is 0 Å². The number of nitrogens with two attached hydrogens (primary N) is 1. The summed E-state index contributed by atoms with van der Waals surface area (Å²) in [4.78, 5) is 12.4. The number of hydrazine groups is 1. The third-order valence-electron chi connectivity index (χ3n) is 2.07.